The molecule has 0 aliphatic carbocycles. The Balaban J connectivity index is 3.75. The summed E-state index contributed by atoms with van der Waals surface area (Å²) in [6.07, 6.45) is 2.17. The van der Waals surface area contributed by atoms with Gasteiger partial charge in [0.2, 0.25) is 5.91 Å². The predicted molar refractivity (Wildman–Crippen MR) is 64.5 cm³/mol. The van der Waals surface area contributed by atoms with Crippen LogP contribution < -0.4 is 11.1 Å². The average molecular weight is 214 g/mol. The van der Waals surface area contributed by atoms with Gasteiger partial charge >= 0.3 is 0 Å². The Kier molecular flexibility index (Phi) is 5.88. The Morgan fingerprint density at radius 2 is 1.87 bits per heavy atom. The Labute approximate surface area is 93.8 Å². The SMILES string of the molecule is CC(C)CCCNC(=O)[C@@H](N)C(C)(C)C. The first kappa shape index (κ1) is 14.4. The molecule has 0 unspecified atom stereocenters. The molecule has 15 heavy (non-hydrogen) atoms. The first-order chi connectivity index (χ1) is 6.75. The van der Waals surface area contributed by atoms with Gasteiger partial charge in [-0.15, -0.1) is 0 Å². The molecule has 0 bridgehead atoms. The fourth-order valence-electron chi connectivity index (χ4n) is 1.23. The van der Waals surface area contributed by atoms with Crippen LogP contribution in [0.1, 0.15) is 47.5 Å². The molecular formula is C12H26N2O. The summed E-state index contributed by atoms with van der Waals surface area (Å²) in [4.78, 5) is 11.6. The van der Waals surface area contributed by atoms with Crippen LogP contribution in [0.3, 0.4) is 0 Å². The van der Waals surface area contributed by atoms with Crippen molar-refractivity contribution in [3.8, 4) is 0 Å². The van der Waals surface area contributed by atoms with Crippen molar-refractivity contribution < 1.29 is 4.79 Å². The Morgan fingerprint density at radius 3 is 2.27 bits per heavy atom. The summed E-state index contributed by atoms with van der Waals surface area (Å²) in [5.41, 5.74) is 5.66. The van der Waals surface area contributed by atoms with Gasteiger partial charge < -0.3 is 11.1 Å². The molecule has 0 heterocycles. The lowest BCUT2D eigenvalue weighted by atomic mass is 9.87. The minimum atomic E-state index is -0.420. The summed E-state index contributed by atoms with van der Waals surface area (Å²) < 4.78 is 0. The molecular weight excluding hydrogens is 188 g/mol. The van der Waals surface area contributed by atoms with E-state index >= 15 is 0 Å². The topological polar surface area (TPSA) is 55.1 Å². The van der Waals surface area contributed by atoms with Crippen LogP contribution in [0.4, 0.5) is 0 Å². The molecule has 0 saturated heterocycles. The predicted octanol–water partition coefficient (Wildman–Crippen LogP) is 1.91. The summed E-state index contributed by atoms with van der Waals surface area (Å²) in [7, 11) is 0. The lowest BCUT2D eigenvalue weighted by Crippen LogP contribution is -2.48. The second-order valence-electron chi connectivity index (χ2n) is 5.67. The maximum atomic E-state index is 11.6. The van der Waals surface area contributed by atoms with Gasteiger partial charge in [-0.2, -0.15) is 0 Å². The van der Waals surface area contributed by atoms with Crippen LogP contribution in [0.5, 0.6) is 0 Å². The number of carbonyl (C=O) groups is 1. The molecule has 0 radical (unpaired) electrons. The van der Waals surface area contributed by atoms with Gasteiger partial charge in [0.15, 0.2) is 0 Å². The highest BCUT2D eigenvalue weighted by Crippen LogP contribution is 2.17. The molecule has 90 valence electrons. The van der Waals surface area contributed by atoms with E-state index in [0.29, 0.717) is 5.92 Å². The van der Waals surface area contributed by atoms with Crippen LogP contribution >= 0.6 is 0 Å². The third-order valence-corrected chi connectivity index (χ3v) is 2.47. The minimum absolute atomic E-state index is 0.0359. The molecule has 0 saturated carbocycles. The van der Waals surface area contributed by atoms with Crippen molar-refractivity contribution in [2.45, 2.75) is 53.5 Å². The van der Waals surface area contributed by atoms with Crippen molar-refractivity contribution in [2.24, 2.45) is 17.1 Å². The Morgan fingerprint density at radius 1 is 1.33 bits per heavy atom. The van der Waals surface area contributed by atoms with Crippen LogP contribution in [0.15, 0.2) is 0 Å². The first-order valence-electron chi connectivity index (χ1n) is 5.78. The molecule has 0 aliphatic heterocycles. The number of carbonyl (C=O) groups excluding carboxylic acids is 1. The van der Waals surface area contributed by atoms with E-state index in [2.05, 4.69) is 19.2 Å². The number of rotatable bonds is 5. The fourth-order valence-corrected chi connectivity index (χ4v) is 1.23. The van der Waals surface area contributed by atoms with Crippen LogP contribution in [-0.4, -0.2) is 18.5 Å². The van der Waals surface area contributed by atoms with Gasteiger partial charge in [-0.25, -0.2) is 0 Å². The highest BCUT2D eigenvalue weighted by atomic mass is 16.2. The highest BCUT2D eigenvalue weighted by molar-refractivity contribution is 5.82. The van der Waals surface area contributed by atoms with Crippen molar-refractivity contribution in [3.05, 3.63) is 0 Å². The summed E-state index contributed by atoms with van der Waals surface area (Å²) in [5.74, 6) is 0.657. The van der Waals surface area contributed by atoms with E-state index < -0.39 is 6.04 Å². The van der Waals surface area contributed by atoms with Crippen LogP contribution in [0.25, 0.3) is 0 Å². The molecule has 0 fully saturated rings. The third-order valence-electron chi connectivity index (χ3n) is 2.47. The second-order valence-corrected chi connectivity index (χ2v) is 5.67. The normalized spacial score (nSPS) is 14.1. The molecule has 0 aromatic carbocycles. The quantitative estimate of drug-likeness (QED) is 0.687. The Bertz CT molecular complexity index is 194. The smallest absolute Gasteiger partial charge is 0.237 e. The molecule has 0 rings (SSSR count). The summed E-state index contributed by atoms with van der Waals surface area (Å²) in [6.45, 7) is 11.0. The number of hydrogen-bond acceptors (Lipinski definition) is 2. The van der Waals surface area contributed by atoms with Crippen LogP contribution in [0.2, 0.25) is 0 Å². The van der Waals surface area contributed by atoms with Gasteiger partial charge in [-0.1, -0.05) is 34.6 Å². The summed E-state index contributed by atoms with van der Waals surface area (Å²) >= 11 is 0. The number of hydrogen-bond donors (Lipinski definition) is 2. The van der Waals surface area contributed by atoms with Gasteiger partial charge in [0.1, 0.15) is 0 Å². The molecule has 1 amide bonds. The summed E-state index contributed by atoms with van der Waals surface area (Å²) in [6, 6.07) is -0.420. The van der Waals surface area contributed by atoms with Gasteiger partial charge in [0, 0.05) is 6.54 Å². The van der Waals surface area contributed by atoms with E-state index in [0.717, 1.165) is 19.4 Å². The van der Waals surface area contributed by atoms with E-state index in [1.807, 2.05) is 20.8 Å². The number of amides is 1. The molecule has 3 nitrogen and oxygen atoms in total. The molecule has 3 heteroatoms. The molecule has 1 atom stereocenters. The monoisotopic (exact) mass is 214 g/mol. The summed E-state index contributed by atoms with van der Waals surface area (Å²) in [5, 5.41) is 2.88. The zero-order valence-electron chi connectivity index (χ0n) is 10.8. The average Bonchev–Trinajstić information content (AvgIpc) is 2.09. The number of nitrogens with one attached hydrogen (secondary N) is 1. The molecule has 0 aliphatic rings. The minimum Gasteiger partial charge on any atom is -0.355 e. The van der Waals surface area contributed by atoms with E-state index in [9.17, 15) is 4.79 Å². The standard InChI is InChI=1S/C12H26N2O/c1-9(2)7-6-8-14-11(15)10(13)12(3,4)5/h9-10H,6-8,13H2,1-5H3,(H,14,15)/t10-/m1/s1. The van der Waals surface area contributed by atoms with E-state index in [1.165, 1.54) is 0 Å². The maximum Gasteiger partial charge on any atom is 0.237 e. The zero-order chi connectivity index (χ0) is 12.1. The third kappa shape index (κ3) is 6.50. The van der Waals surface area contributed by atoms with Gasteiger partial charge in [0.25, 0.3) is 0 Å². The van der Waals surface area contributed by atoms with Crippen molar-refractivity contribution in [3.63, 3.8) is 0 Å². The molecule has 0 aromatic heterocycles. The van der Waals surface area contributed by atoms with E-state index in [4.69, 9.17) is 5.73 Å². The van der Waals surface area contributed by atoms with Crippen LogP contribution in [0, 0.1) is 11.3 Å². The van der Waals surface area contributed by atoms with E-state index in [-0.39, 0.29) is 11.3 Å². The molecule has 0 spiro atoms. The first-order valence-corrected chi connectivity index (χ1v) is 5.78. The lowest BCUT2D eigenvalue weighted by Gasteiger charge is -2.25. The van der Waals surface area contributed by atoms with Gasteiger partial charge in [0.05, 0.1) is 6.04 Å². The largest absolute Gasteiger partial charge is 0.355 e. The Hall–Kier alpha value is -0.570. The van der Waals surface area contributed by atoms with Gasteiger partial charge in [-0.05, 0) is 24.2 Å². The lowest BCUT2D eigenvalue weighted by molar-refractivity contribution is -0.124. The van der Waals surface area contributed by atoms with Crippen molar-refractivity contribution in [2.75, 3.05) is 6.54 Å². The van der Waals surface area contributed by atoms with Gasteiger partial charge in [-0.3, -0.25) is 4.79 Å². The second kappa shape index (κ2) is 6.11. The zero-order valence-corrected chi connectivity index (χ0v) is 10.8. The van der Waals surface area contributed by atoms with E-state index in [1.54, 1.807) is 0 Å². The fraction of sp³-hybridized carbons (Fsp3) is 0.917. The number of nitrogens with two attached hydrogens (primary N) is 1. The molecule has 0 aromatic rings. The van der Waals surface area contributed by atoms with Crippen molar-refractivity contribution >= 4 is 5.91 Å². The maximum absolute atomic E-state index is 11.6. The van der Waals surface area contributed by atoms with Crippen molar-refractivity contribution in [1.29, 1.82) is 0 Å². The highest BCUT2D eigenvalue weighted by Gasteiger charge is 2.26. The molecule has 3 N–H and O–H groups in total. The van der Waals surface area contributed by atoms with Crippen molar-refractivity contribution in [1.82, 2.24) is 5.32 Å². The van der Waals surface area contributed by atoms with Crippen LogP contribution in [-0.2, 0) is 4.79 Å².